The third-order valence-electron chi connectivity index (χ3n) is 3.27. The van der Waals surface area contributed by atoms with Crippen LogP contribution in [0.4, 0.5) is 0 Å². The molecule has 3 heteroatoms. The summed E-state index contributed by atoms with van der Waals surface area (Å²) in [6.45, 7) is 9.48. The first-order chi connectivity index (χ1) is 8.60. The number of nitrogens with one attached hydrogen (secondary N) is 1. The van der Waals surface area contributed by atoms with E-state index in [9.17, 15) is 4.79 Å². The topological polar surface area (TPSA) is 38.3 Å². The lowest BCUT2D eigenvalue weighted by Crippen LogP contribution is -2.50. The number of carbonyl (C=O) groups is 1. The highest BCUT2D eigenvalue weighted by atomic mass is 16.5. The molecule has 0 saturated heterocycles. The van der Waals surface area contributed by atoms with Crippen LogP contribution in [-0.4, -0.2) is 24.7 Å². The first-order valence-corrected chi connectivity index (χ1v) is 7.53. The van der Waals surface area contributed by atoms with Gasteiger partial charge in [0, 0.05) is 0 Å². The van der Waals surface area contributed by atoms with Crippen LogP contribution in [0, 0.1) is 0 Å². The van der Waals surface area contributed by atoms with Crippen molar-refractivity contribution in [2.24, 2.45) is 0 Å². The average Bonchev–Trinajstić information content (AvgIpc) is 2.36. The molecule has 1 unspecified atom stereocenters. The Balaban J connectivity index is 4.15. The summed E-state index contributed by atoms with van der Waals surface area (Å²) in [7, 11) is 0. The van der Waals surface area contributed by atoms with Crippen LogP contribution < -0.4 is 5.32 Å². The van der Waals surface area contributed by atoms with Gasteiger partial charge in [0.25, 0.3) is 0 Å². The molecule has 0 saturated carbocycles. The summed E-state index contributed by atoms with van der Waals surface area (Å²) in [6, 6.07) is 0. The van der Waals surface area contributed by atoms with Crippen LogP contribution >= 0.6 is 0 Å². The Hall–Kier alpha value is -0.570. The van der Waals surface area contributed by atoms with Gasteiger partial charge in [0.15, 0.2) is 0 Å². The molecule has 0 amide bonds. The normalized spacial score (nSPS) is 14.2. The molecule has 0 bridgehead atoms. The van der Waals surface area contributed by atoms with E-state index in [-0.39, 0.29) is 5.97 Å². The van der Waals surface area contributed by atoms with E-state index in [0.29, 0.717) is 6.61 Å². The lowest BCUT2D eigenvalue weighted by molar-refractivity contribution is -0.150. The fourth-order valence-electron chi connectivity index (χ4n) is 2.04. The van der Waals surface area contributed by atoms with Gasteiger partial charge >= 0.3 is 5.97 Å². The van der Waals surface area contributed by atoms with Gasteiger partial charge in [-0.3, -0.25) is 4.79 Å². The van der Waals surface area contributed by atoms with Crippen LogP contribution in [0.25, 0.3) is 0 Å². The van der Waals surface area contributed by atoms with E-state index in [0.717, 1.165) is 25.8 Å². The predicted molar refractivity (Wildman–Crippen MR) is 76.7 cm³/mol. The van der Waals surface area contributed by atoms with Crippen molar-refractivity contribution in [3.63, 3.8) is 0 Å². The Bertz CT molecular complexity index is 219. The summed E-state index contributed by atoms with van der Waals surface area (Å²) in [6.07, 6.45) is 8.01. The SMILES string of the molecule is CCCCCCCC(C)(NCCC)C(=O)OCC. The molecule has 3 nitrogen and oxygen atoms in total. The summed E-state index contributed by atoms with van der Waals surface area (Å²) in [5, 5.41) is 3.35. The molecule has 1 atom stereocenters. The zero-order valence-corrected chi connectivity index (χ0v) is 12.7. The van der Waals surface area contributed by atoms with Gasteiger partial charge in [0.2, 0.25) is 0 Å². The first-order valence-electron chi connectivity index (χ1n) is 7.53. The van der Waals surface area contributed by atoms with Crippen LogP contribution in [0.1, 0.15) is 72.6 Å². The second kappa shape index (κ2) is 10.4. The van der Waals surface area contributed by atoms with Crippen LogP contribution in [0.5, 0.6) is 0 Å². The Morgan fingerprint density at radius 2 is 1.72 bits per heavy atom. The fraction of sp³-hybridized carbons (Fsp3) is 0.933. The number of hydrogen-bond acceptors (Lipinski definition) is 3. The highest BCUT2D eigenvalue weighted by molar-refractivity contribution is 5.80. The summed E-state index contributed by atoms with van der Waals surface area (Å²) in [5.41, 5.74) is -0.502. The maximum atomic E-state index is 12.0. The van der Waals surface area contributed by atoms with E-state index >= 15 is 0 Å². The smallest absolute Gasteiger partial charge is 0.326 e. The molecule has 0 aliphatic heterocycles. The van der Waals surface area contributed by atoms with Gasteiger partial charge in [-0.25, -0.2) is 0 Å². The van der Waals surface area contributed by atoms with Gasteiger partial charge < -0.3 is 10.1 Å². The number of esters is 1. The summed E-state index contributed by atoms with van der Waals surface area (Å²) < 4.78 is 5.18. The van der Waals surface area contributed by atoms with Crippen LogP contribution in [0.2, 0.25) is 0 Å². The second-order valence-electron chi connectivity index (χ2n) is 5.14. The Morgan fingerprint density at radius 1 is 1.06 bits per heavy atom. The molecule has 0 aliphatic rings. The Morgan fingerprint density at radius 3 is 2.28 bits per heavy atom. The molecule has 0 aromatic carbocycles. The third kappa shape index (κ3) is 7.00. The van der Waals surface area contributed by atoms with Gasteiger partial charge in [-0.1, -0.05) is 46.0 Å². The number of ether oxygens (including phenoxy) is 1. The van der Waals surface area contributed by atoms with Crippen molar-refractivity contribution in [2.75, 3.05) is 13.2 Å². The van der Waals surface area contributed by atoms with Crippen molar-refractivity contribution in [3.05, 3.63) is 0 Å². The number of unbranched alkanes of at least 4 members (excludes halogenated alkanes) is 4. The van der Waals surface area contributed by atoms with Crippen molar-refractivity contribution < 1.29 is 9.53 Å². The van der Waals surface area contributed by atoms with E-state index in [4.69, 9.17) is 4.74 Å². The standard InChI is InChI=1S/C15H31NO2/c1-5-8-9-10-11-12-15(4,16-13-6-2)14(17)18-7-3/h16H,5-13H2,1-4H3. The molecule has 108 valence electrons. The Kier molecular flexibility index (Phi) is 10.0. The monoisotopic (exact) mass is 257 g/mol. The molecule has 0 rings (SSSR count). The molecule has 1 N–H and O–H groups in total. The van der Waals surface area contributed by atoms with E-state index in [1.165, 1.54) is 25.7 Å². The van der Waals surface area contributed by atoms with E-state index < -0.39 is 5.54 Å². The van der Waals surface area contributed by atoms with Gasteiger partial charge in [-0.2, -0.15) is 0 Å². The number of rotatable bonds is 11. The number of carbonyl (C=O) groups excluding carboxylic acids is 1. The molecule has 0 heterocycles. The van der Waals surface area contributed by atoms with Gasteiger partial charge in [-0.15, -0.1) is 0 Å². The molecule has 0 aromatic rings. The van der Waals surface area contributed by atoms with Crippen LogP contribution in [-0.2, 0) is 9.53 Å². The first kappa shape index (κ1) is 17.4. The third-order valence-corrected chi connectivity index (χ3v) is 3.27. The molecular weight excluding hydrogens is 226 g/mol. The average molecular weight is 257 g/mol. The van der Waals surface area contributed by atoms with Crippen LogP contribution in [0.3, 0.4) is 0 Å². The zero-order valence-electron chi connectivity index (χ0n) is 12.7. The van der Waals surface area contributed by atoms with Crippen LogP contribution in [0.15, 0.2) is 0 Å². The number of hydrogen-bond donors (Lipinski definition) is 1. The van der Waals surface area contributed by atoms with Gasteiger partial charge in [0.1, 0.15) is 5.54 Å². The van der Waals surface area contributed by atoms with E-state index in [1.807, 2.05) is 13.8 Å². The minimum Gasteiger partial charge on any atom is -0.465 e. The molecular formula is C15H31NO2. The summed E-state index contributed by atoms with van der Waals surface area (Å²) in [5.74, 6) is -0.103. The van der Waals surface area contributed by atoms with Gasteiger partial charge in [0.05, 0.1) is 6.61 Å². The van der Waals surface area contributed by atoms with Crippen molar-refractivity contribution in [2.45, 2.75) is 78.2 Å². The van der Waals surface area contributed by atoms with E-state index in [2.05, 4.69) is 19.2 Å². The fourth-order valence-corrected chi connectivity index (χ4v) is 2.04. The lowest BCUT2D eigenvalue weighted by atomic mass is 9.93. The minimum absolute atomic E-state index is 0.103. The minimum atomic E-state index is -0.502. The van der Waals surface area contributed by atoms with Crippen molar-refractivity contribution in [1.29, 1.82) is 0 Å². The van der Waals surface area contributed by atoms with Crippen molar-refractivity contribution in [3.8, 4) is 0 Å². The highest BCUT2D eigenvalue weighted by Gasteiger charge is 2.33. The quantitative estimate of drug-likeness (QED) is 0.453. The molecule has 0 fully saturated rings. The van der Waals surface area contributed by atoms with Gasteiger partial charge in [-0.05, 0) is 33.2 Å². The summed E-state index contributed by atoms with van der Waals surface area (Å²) in [4.78, 5) is 12.0. The second-order valence-corrected chi connectivity index (χ2v) is 5.14. The molecule has 18 heavy (non-hydrogen) atoms. The molecule has 0 aliphatic carbocycles. The largest absolute Gasteiger partial charge is 0.465 e. The molecule has 0 spiro atoms. The zero-order chi connectivity index (χ0) is 13.9. The van der Waals surface area contributed by atoms with Crippen molar-refractivity contribution in [1.82, 2.24) is 5.32 Å². The highest BCUT2D eigenvalue weighted by Crippen LogP contribution is 2.18. The maximum Gasteiger partial charge on any atom is 0.326 e. The maximum absolute atomic E-state index is 12.0. The van der Waals surface area contributed by atoms with Crippen molar-refractivity contribution >= 4 is 5.97 Å². The van der Waals surface area contributed by atoms with E-state index in [1.54, 1.807) is 0 Å². The predicted octanol–water partition coefficient (Wildman–Crippen LogP) is 3.67. The lowest BCUT2D eigenvalue weighted by Gasteiger charge is -2.28. The summed E-state index contributed by atoms with van der Waals surface area (Å²) >= 11 is 0. The molecule has 0 radical (unpaired) electrons. The Labute approximate surface area is 113 Å². The molecule has 0 aromatic heterocycles.